The highest BCUT2D eigenvalue weighted by molar-refractivity contribution is 5.92. The van der Waals surface area contributed by atoms with Gasteiger partial charge in [0, 0.05) is 39.1 Å². The summed E-state index contributed by atoms with van der Waals surface area (Å²) < 4.78 is 0. The van der Waals surface area contributed by atoms with Crippen molar-refractivity contribution in [2.24, 2.45) is 5.73 Å². The molecule has 1 heterocycles. The molecule has 1 aromatic heterocycles. The quantitative estimate of drug-likeness (QED) is 0.721. The van der Waals surface area contributed by atoms with Crippen molar-refractivity contribution in [3.05, 3.63) is 24.0 Å². The molecular weight excluding hydrogens is 192 g/mol. The Morgan fingerprint density at radius 2 is 2.40 bits per heavy atom. The van der Waals surface area contributed by atoms with Gasteiger partial charge in [-0.25, -0.2) is 0 Å². The Morgan fingerprint density at radius 3 is 3.00 bits per heavy atom. The standard InChI is InChI=1S/C10H16N4O/c1-12-10(15)9-7-8(3-5-13-9)14(2)6-4-11/h3,5,7H,4,6,11H2,1-2H3,(H,12,15). The molecule has 3 N–H and O–H groups in total. The van der Waals surface area contributed by atoms with Gasteiger partial charge in [-0.2, -0.15) is 0 Å². The van der Waals surface area contributed by atoms with E-state index in [0.29, 0.717) is 12.2 Å². The zero-order valence-electron chi connectivity index (χ0n) is 9.03. The van der Waals surface area contributed by atoms with Gasteiger partial charge >= 0.3 is 0 Å². The second-order valence-corrected chi connectivity index (χ2v) is 3.19. The molecule has 5 heteroatoms. The van der Waals surface area contributed by atoms with Gasteiger partial charge < -0.3 is 16.0 Å². The van der Waals surface area contributed by atoms with Crippen LogP contribution < -0.4 is 16.0 Å². The second kappa shape index (κ2) is 5.31. The van der Waals surface area contributed by atoms with E-state index in [4.69, 9.17) is 5.73 Å². The van der Waals surface area contributed by atoms with Crippen LogP contribution in [0.1, 0.15) is 10.5 Å². The summed E-state index contributed by atoms with van der Waals surface area (Å²) in [7, 11) is 3.51. The van der Waals surface area contributed by atoms with E-state index < -0.39 is 0 Å². The fourth-order valence-electron chi connectivity index (χ4n) is 1.23. The summed E-state index contributed by atoms with van der Waals surface area (Å²) in [6.07, 6.45) is 1.62. The summed E-state index contributed by atoms with van der Waals surface area (Å²) in [5.41, 5.74) is 6.81. The highest BCUT2D eigenvalue weighted by Crippen LogP contribution is 2.11. The smallest absolute Gasteiger partial charge is 0.269 e. The van der Waals surface area contributed by atoms with E-state index in [1.807, 2.05) is 18.0 Å². The van der Waals surface area contributed by atoms with E-state index >= 15 is 0 Å². The zero-order valence-corrected chi connectivity index (χ0v) is 9.03. The number of nitrogens with two attached hydrogens (primary N) is 1. The largest absolute Gasteiger partial charge is 0.373 e. The van der Waals surface area contributed by atoms with Crippen molar-refractivity contribution >= 4 is 11.6 Å². The number of likely N-dealkylation sites (N-methyl/N-ethyl adjacent to an activating group) is 1. The Morgan fingerprint density at radius 1 is 1.67 bits per heavy atom. The lowest BCUT2D eigenvalue weighted by molar-refractivity contribution is 0.0958. The second-order valence-electron chi connectivity index (χ2n) is 3.19. The lowest BCUT2D eigenvalue weighted by Gasteiger charge is -2.18. The number of pyridine rings is 1. The first-order chi connectivity index (χ1) is 7.19. The maximum Gasteiger partial charge on any atom is 0.269 e. The number of hydrogen-bond donors (Lipinski definition) is 2. The molecule has 5 nitrogen and oxygen atoms in total. The van der Waals surface area contributed by atoms with E-state index in [1.54, 1.807) is 19.3 Å². The van der Waals surface area contributed by atoms with Crippen molar-refractivity contribution in [2.45, 2.75) is 0 Å². The zero-order chi connectivity index (χ0) is 11.3. The first-order valence-electron chi connectivity index (χ1n) is 4.78. The summed E-state index contributed by atoms with van der Waals surface area (Å²) in [5.74, 6) is -0.182. The predicted molar refractivity (Wildman–Crippen MR) is 60.0 cm³/mol. The Bertz CT molecular complexity index is 340. The average Bonchev–Trinajstić information content (AvgIpc) is 2.28. The fourth-order valence-corrected chi connectivity index (χ4v) is 1.23. The number of amides is 1. The Balaban J connectivity index is 2.87. The normalized spacial score (nSPS) is 9.80. The van der Waals surface area contributed by atoms with Gasteiger partial charge in [-0.1, -0.05) is 0 Å². The number of rotatable bonds is 4. The van der Waals surface area contributed by atoms with Crippen molar-refractivity contribution in [3.63, 3.8) is 0 Å². The summed E-state index contributed by atoms with van der Waals surface area (Å²) in [6, 6.07) is 3.59. The molecule has 0 atom stereocenters. The molecule has 0 radical (unpaired) electrons. The molecule has 82 valence electrons. The first kappa shape index (κ1) is 11.5. The van der Waals surface area contributed by atoms with Crippen LogP contribution in [-0.4, -0.2) is 38.1 Å². The molecule has 0 saturated carbocycles. The minimum absolute atomic E-state index is 0.182. The molecule has 1 amide bonds. The van der Waals surface area contributed by atoms with Crippen LogP contribution in [0, 0.1) is 0 Å². The fraction of sp³-hybridized carbons (Fsp3) is 0.400. The van der Waals surface area contributed by atoms with Crippen molar-refractivity contribution in [1.82, 2.24) is 10.3 Å². The van der Waals surface area contributed by atoms with Gasteiger partial charge in [-0.15, -0.1) is 0 Å². The third-order valence-corrected chi connectivity index (χ3v) is 2.11. The lowest BCUT2D eigenvalue weighted by Crippen LogP contribution is -2.26. The molecule has 0 unspecified atom stereocenters. The molecule has 0 saturated heterocycles. The summed E-state index contributed by atoms with van der Waals surface area (Å²) in [6.45, 7) is 1.32. The number of nitrogens with zero attached hydrogens (tertiary/aromatic N) is 2. The Kier molecular flexibility index (Phi) is 4.05. The number of carbonyl (C=O) groups is 1. The highest BCUT2D eigenvalue weighted by Gasteiger charge is 2.07. The number of carbonyl (C=O) groups excluding carboxylic acids is 1. The molecule has 0 spiro atoms. The highest BCUT2D eigenvalue weighted by atomic mass is 16.1. The van der Waals surface area contributed by atoms with Gasteiger partial charge in [-0.05, 0) is 12.1 Å². The van der Waals surface area contributed by atoms with Crippen LogP contribution in [0.2, 0.25) is 0 Å². The molecule has 1 aromatic rings. The molecule has 0 aliphatic rings. The van der Waals surface area contributed by atoms with Gasteiger partial charge in [0.1, 0.15) is 5.69 Å². The van der Waals surface area contributed by atoms with E-state index in [1.165, 1.54) is 0 Å². The van der Waals surface area contributed by atoms with Gasteiger partial charge in [0.05, 0.1) is 0 Å². The summed E-state index contributed by atoms with van der Waals surface area (Å²) in [4.78, 5) is 17.3. The van der Waals surface area contributed by atoms with Crippen molar-refractivity contribution < 1.29 is 4.79 Å². The van der Waals surface area contributed by atoms with Crippen LogP contribution in [0.15, 0.2) is 18.3 Å². The minimum atomic E-state index is -0.182. The van der Waals surface area contributed by atoms with Gasteiger partial charge in [-0.3, -0.25) is 9.78 Å². The number of nitrogens with one attached hydrogen (secondary N) is 1. The topological polar surface area (TPSA) is 71.2 Å². The van der Waals surface area contributed by atoms with Crippen molar-refractivity contribution in [3.8, 4) is 0 Å². The Labute approximate surface area is 89.3 Å². The van der Waals surface area contributed by atoms with Crippen molar-refractivity contribution in [2.75, 3.05) is 32.1 Å². The average molecular weight is 208 g/mol. The van der Waals surface area contributed by atoms with Crippen LogP contribution >= 0.6 is 0 Å². The number of hydrogen-bond acceptors (Lipinski definition) is 4. The van der Waals surface area contributed by atoms with E-state index in [2.05, 4.69) is 10.3 Å². The first-order valence-corrected chi connectivity index (χ1v) is 4.78. The molecular formula is C10H16N4O. The molecule has 0 aromatic carbocycles. The molecule has 0 bridgehead atoms. The Hall–Kier alpha value is -1.62. The van der Waals surface area contributed by atoms with Crippen molar-refractivity contribution in [1.29, 1.82) is 0 Å². The molecule has 1 rings (SSSR count). The summed E-state index contributed by atoms with van der Waals surface area (Å²) >= 11 is 0. The minimum Gasteiger partial charge on any atom is -0.373 e. The van der Waals surface area contributed by atoms with E-state index in [-0.39, 0.29) is 5.91 Å². The monoisotopic (exact) mass is 208 g/mol. The van der Waals surface area contributed by atoms with Gasteiger partial charge in [0.25, 0.3) is 5.91 Å². The maximum atomic E-state index is 11.3. The van der Waals surface area contributed by atoms with Gasteiger partial charge in [0.15, 0.2) is 0 Å². The third-order valence-electron chi connectivity index (χ3n) is 2.11. The molecule has 0 aliphatic carbocycles. The SMILES string of the molecule is CNC(=O)c1cc(N(C)CCN)ccn1. The van der Waals surface area contributed by atoms with Gasteiger partial charge in [0.2, 0.25) is 0 Å². The van der Waals surface area contributed by atoms with Crippen LogP contribution in [0.25, 0.3) is 0 Å². The van der Waals surface area contributed by atoms with Crippen LogP contribution in [0.3, 0.4) is 0 Å². The third kappa shape index (κ3) is 2.92. The van der Waals surface area contributed by atoms with E-state index in [0.717, 1.165) is 12.2 Å². The van der Waals surface area contributed by atoms with Crippen LogP contribution in [0.5, 0.6) is 0 Å². The lowest BCUT2D eigenvalue weighted by atomic mass is 10.3. The molecule has 0 aliphatic heterocycles. The summed E-state index contributed by atoms with van der Waals surface area (Å²) in [5, 5.41) is 2.53. The molecule has 0 fully saturated rings. The number of anilines is 1. The molecule has 15 heavy (non-hydrogen) atoms. The van der Waals surface area contributed by atoms with E-state index in [9.17, 15) is 4.79 Å². The predicted octanol–water partition coefficient (Wildman–Crippen LogP) is -0.164. The van der Waals surface area contributed by atoms with Crippen LogP contribution in [0.4, 0.5) is 5.69 Å². The number of aromatic nitrogens is 1. The maximum absolute atomic E-state index is 11.3. The van der Waals surface area contributed by atoms with Crippen LogP contribution in [-0.2, 0) is 0 Å².